The van der Waals surface area contributed by atoms with Gasteiger partial charge in [-0.3, -0.25) is 0 Å². The lowest BCUT2D eigenvalue weighted by Crippen LogP contribution is -2.05. The zero-order chi connectivity index (χ0) is 7.84. The predicted molar refractivity (Wildman–Crippen MR) is 37.8 cm³/mol. The summed E-state index contributed by atoms with van der Waals surface area (Å²) in [5.74, 6) is -0.333. The molecule has 1 aliphatic heterocycles. The Hall–Kier alpha value is -1.29. The molecule has 0 bridgehead atoms. The Labute approximate surface area is 62.7 Å². The van der Waals surface area contributed by atoms with Gasteiger partial charge in [-0.15, -0.1) is 0 Å². The van der Waals surface area contributed by atoms with E-state index in [2.05, 4.69) is 10.2 Å². The van der Waals surface area contributed by atoms with Crippen LogP contribution in [0.1, 0.15) is 11.7 Å². The zero-order valence-electron chi connectivity index (χ0n) is 5.66. The van der Waals surface area contributed by atoms with Gasteiger partial charge in [0.15, 0.2) is 0 Å². The molecule has 0 radical (unpaired) electrons. The van der Waals surface area contributed by atoms with Crippen LogP contribution in [0.25, 0.3) is 0 Å². The fraction of sp³-hybridized carbons (Fsp3) is 0.143. The minimum Gasteiger partial charge on any atom is -0.304 e. The van der Waals surface area contributed by atoms with Gasteiger partial charge in [0.2, 0.25) is 0 Å². The maximum atomic E-state index is 12.9. The van der Waals surface area contributed by atoms with Crippen LogP contribution in [0.15, 0.2) is 28.4 Å². The number of hydrogen-bond acceptors (Lipinski definition) is 3. The number of nitrogens with zero attached hydrogens (tertiary/aromatic N) is 2. The maximum absolute atomic E-state index is 12.9. The minimum absolute atomic E-state index is 0.333. The van der Waals surface area contributed by atoms with Gasteiger partial charge in [-0.05, 0) is 12.1 Å². The van der Waals surface area contributed by atoms with Crippen molar-refractivity contribution < 1.29 is 4.39 Å². The second kappa shape index (κ2) is 2.10. The SMILES string of the molecule is NC1N=Nc2cccc(F)c21. The largest absolute Gasteiger partial charge is 0.304 e. The molecule has 0 aliphatic carbocycles. The molecular formula is C7H6FN3. The number of hydrogen-bond donors (Lipinski definition) is 1. The molecule has 0 saturated carbocycles. The van der Waals surface area contributed by atoms with Crippen molar-refractivity contribution in [3.63, 3.8) is 0 Å². The van der Waals surface area contributed by atoms with E-state index in [0.29, 0.717) is 11.3 Å². The first-order valence-corrected chi connectivity index (χ1v) is 3.24. The second-order valence-electron chi connectivity index (χ2n) is 2.33. The molecule has 56 valence electrons. The van der Waals surface area contributed by atoms with Crippen molar-refractivity contribution >= 4 is 5.69 Å². The van der Waals surface area contributed by atoms with E-state index in [0.717, 1.165) is 0 Å². The van der Waals surface area contributed by atoms with Crippen LogP contribution in [0, 0.1) is 5.82 Å². The summed E-state index contributed by atoms with van der Waals surface area (Å²) in [6, 6.07) is 4.63. The van der Waals surface area contributed by atoms with Gasteiger partial charge in [-0.1, -0.05) is 6.07 Å². The van der Waals surface area contributed by atoms with Crippen molar-refractivity contribution in [3.05, 3.63) is 29.6 Å². The highest BCUT2D eigenvalue weighted by Crippen LogP contribution is 2.33. The van der Waals surface area contributed by atoms with E-state index in [1.165, 1.54) is 6.07 Å². The molecule has 11 heavy (non-hydrogen) atoms. The summed E-state index contributed by atoms with van der Waals surface area (Å²) < 4.78 is 12.9. The summed E-state index contributed by atoms with van der Waals surface area (Å²) in [4.78, 5) is 0. The highest BCUT2D eigenvalue weighted by atomic mass is 19.1. The summed E-state index contributed by atoms with van der Waals surface area (Å²) in [5, 5.41) is 7.33. The Kier molecular flexibility index (Phi) is 1.22. The minimum atomic E-state index is -0.619. The van der Waals surface area contributed by atoms with Crippen LogP contribution < -0.4 is 5.73 Å². The lowest BCUT2D eigenvalue weighted by molar-refractivity contribution is 0.594. The average molecular weight is 151 g/mol. The predicted octanol–water partition coefficient (Wildman–Crippen LogP) is 1.88. The van der Waals surface area contributed by atoms with Crippen LogP contribution in [-0.4, -0.2) is 0 Å². The van der Waals surface area contributed by atoms with E-state index in [1.807, 2.05) is 0 Å². The normalized spacial score (nSPS) is 20.4. The molecule has 3 nitrogen and oxygen atoms in total. The smallest absolute Gasteiger partial charge is 0.149 e. The molecule has 0 fully saturated rings. The number of nitrogens with two attached hydrogens (primary N) is 1. The monoisotopic (exact) mass is 151 g/mol. The molecule has 1 atom stereocenters. The van der Waals surface area contributed by atoms with E-state index >= 15 is 0 Å². The summed E-state index contributed by atoms with van der Waals surface area (Å²) in [5.41, 5.74) is 6.38. The number of rotatable bonds is 0. The third-order valence-corrected chi connectivity index (χ3v) is 1.62. The fourth-order valence-electron chi connectivity index (χ4n) is 1.09. The second-order valence-corrected chi connectivity index (χ2v) is 2.33. The molecule has 2 rings (SSSR count). The van der Waals surface area contributed by atoms with E-state index in [-0.39, 0.29) is 5.82 Å². The number of fused-ring (bicyclic) bond motifs is 1. The van der Waals surface area contributed by atoms with Gasteiger partial charge in [0.05, 0.1) is 11.3 Å². The highest BCUT2D eigenvalue weighted by molar-refractivity contribution is 5.49. The van der Waals surface area contributed by atoms with Crippen LogP contribution in [0.4, 0.5) is 10.1 Å². The molecule has 2 N–H and O–H groups in total. The fourth-order valence-corrected chi connectivity index (χ4v) is 1.09. The van der Waals surface area contributed by atoms with Crippen molar-refractivity contribution in [1.29, 1.82) is 0 Å². The highest BCUT2D eigenvalue weighted by Gasteiger charge is 2.19. The molecule has 0 spiro atoms. The van der Waals surface area contributed by atoms with Gasteiger partial charge in [0.1, 0.15) is 12.0 Å². The molecule has 0 amide bonds. The van der Waals surface area contributed by atoms with Crippen LogP contribution in [-0.2, 0) is 0 Å². The van der Waals surface area contributed by atoms with Crippen molar-refractivity contribution in [2.45, 2.75) is 6.17 Å². The van der Waals surface area contributed by atoms with Crippen LogP contribution in [0.2, 0.25) is 0 Å². The summed E-state index contributed by atoms with van der Waals surface area (Å²) in [7, 11) is 0. The van der Waals surface area contributed by atoms with Gasteiger partial charge < -0.3 is 5.73 Å². The van der Waals surface area contributed by atoms with Crippen molar-refractivity contribution in [1.82, 2.24) is 0 Å². The van der Waals surface area contributed by atoms with Gasteiger partial charge in [-0.2, -0.15) is 10.2 Å². The van der Waals surface area contributed by atoms with Gasteiger partial charge >= 0.3 is 0 Å². The Bertz CT molecular complexity index is 321. The number of benzene rings is 1. The molecule has 1 aromatic rings. The quantitative estimate of drug-likeness (QED) is 0.604. The number of halogens is 1. The zero-order valence-corrected chi connectivity index (χ0v) is 5.66. The van der Waals surface area contributed by atoms with Gasteiger partial charge in [-0.25, -0.2) is 4.39 Å². The third kappa shape index (κ3) is 0.832. The standard InChI is InChI=1S/C7H6FN3/c8-4-2-1-3-5-6(4)7(9)11-10-5/h1-3,7H,9H2. The Balaban J connectivity index is 2.65. The average Bonchev–Trinajstić information content (AvgIpc) is 2.34. The topological polar surface area (TPSA) is 50.7 Å². The lowest BCUT2D eigenvalue weighted by Gasteiger charge is -2.00. The van der Waals surface area contributed by atoms with Crippen molar-refractivity contribution in [3.8, 4) is 0 Å². The Morgan fingerprint density at radius 1 is 1.45 bits per heavy atom. The van der Waals surface area contributed by atoms with Gasteiger partial charge in [0.25, 0.3) is 0 Å². The molecule has 1 heterocycles. The Morgan fingerprint density at radius 3 is 3.00 bits per heavy atom. The van der Waals surface area contributed by atoms with E-state index < -0.39 is 6.17 Å². The van der Waals surface area contributed by atoms with E-state index in [1.54, 1.807) is 12.1 Å². The first kappa shape index (κ1) is 6.42. The maximum Gasteiger partial charge on any atom is 0.149 e. The summed E-state index contributed by atoms with van der Waals surface area (Å²) in [6.45, 7) is 0. The van der Waals surface area contributed by atoms with Crippen LogP contribution in [0.5, 0.6) is 0 Å². The third-order valence-electron chi connectivity index (χ3n) is 1.62. The molecule has 0 saturated heterocycles. The van der Waals surface area contributed by atoms with E-state index in [9.17, 15) is 4.39 Å². The Morgan fingerprint density at radius 2 is 2.27 bits per heavy atom. The van der Waals surface area contributed by atoms with Crippen molar-refractivity contribution in [2.75, 3.05) is 0 Å². The molecule has 4 heteroatoms. The first-order valence-electron chi connectivity index (χ1n) is 3.24. The molecule has 1 aliphatic rings. The van der Waals surface area contributed by atoms with E-state index in [4.69, 9.17) is 5.73 Å². The molecule has 1 aromatic carbocycles. The van der Waals surface area contributed by atoms with Crippen molar-refractivity contribution in [2.24, 2.45) is 16.0 Å². The molecule has 0 aromatic heterocycles. The number of azo groups is 1. The summed E-state index contributed by atoms with van der Waals surface area (Å²) >= 11 is 0. The van der Waals surface area contributed by atoms with Crippen LogP contribution >= 0.6 is 0 Å². The molecular weight excluding hydrogens is 145 g/mol. The van der Waals surface area contributed by atoms with Crippen LogP contribution in [0.3, 0.4) is 0 Å². The first-order chi connectivity index (χ1) is 5.29. The van der Waals surface area contributed by atoms with Gasteiger partial charge in [0, 0.05) is 0 Å². The lowest BCUT2D eigenvalue weighted by atomic mass is 10.1. The summed E-state index contributed by atoms with van der Waals surface area (Å²) in [6.07, 6.45) is -0.619. The molecule has 1 unspecified atom stereocenters.